The molecule has 2 aromatic carbocycles. The van der Waals surface area contributed by atoms with E-state index in [2.05, 4.69) is 5.32 Å². The molecule has 0 unspecified atom stereocenters. The highest BCUT2D eigenvalue weighted by atomic mass is 35.5. The van der Waals surface area contributed by atoms with Crippen molar-refractivity contribution in [1.29, 1.82) is 0 Å². The summed E-state index contributed by atoms with van der Waals surface area (Å²) in [6.45, 7) is 0.543. The summed E-state index contributed by atoms with van der Waals surface area (Å²) in [5.41, 5.74) is 7.33. The highest BCUT2D eigenvalue weighted by Crippen LogP contribution is 2.19. The Balaban J connectivity index is 2.01. The number of carbonyl (C=O) groups excluding carboxylic acids is 1. The van der Waals surface area contributed by atoms with Crippen LogP contribution in [0.5, 0.6) is 0 Å². The fraction of sp³-hybridized carbons (Fsp3) is 0.0714. The van der Waals surface area contributed by atoms with Gasteiger partial charge in [0.25, 0.3) is 0 Å². The quantitative estimate of drug-likeness (QED) is 0.902. The number of halogens is 2. The van der Waals surface area contributed by atoms with Gasteiger partial charge in [-0.2, -0.15) is 0 Å². The van der Waals surface area contributed by atoms with Gasteiger partial charge >= 0.3 is 0 Å². The molecule has 0 aliphatic rings. The van der Waals surface area contributed by atoms with Crippen LogP contribution < -0.4 is 11.1 Å². The second-order valence-corrected chi connectivity index (χ2v) is 4.45. The van der Waals surface area contributed by atoms with Crippen molar-refractivity contribution in [2.75, 3.05) is 5.32 Å². The van der Waals surface area contributed by atoms with Crippen LogP contribution in [0, 0.1) is 5.82 Å². The number of primary amides is 1. The van der Waals surface area contributed by atoms with E-state index in [1.54, 1.807) is 30.3 Å². The zero-order valence-electron chi connectivity index (χ0n) is 9.99. The SMILES string of the molecule is NC(=O)c1ccc(CNc2ccc(F)c(Cl)c2)cc1. The average molecular weight is 279 g/mol. The molecule has 2 aromatic rings. The lowest BCUT2D eigenvalue weighted by Crippen LogP contribution is -2.10. The lowest BCUT2D eigenvalue weighted by atomic mass is 10.1. The van der Waals surface area contributed by atoms with Crippen LogP contribution in [0.4, 0.5) is 10.1 Å². The summed E-state index contributed by atoms with van der Waals surface area (Å²) in [5, 5.41) is 3.19. The minimum atomic E-state index is -0.454. The average Bonchev–Trinajstić information content (AvgIpc) is 2.40. The first-order valence-corrected chi connectivity index (χ1v) is 6.02. The second-order valence-electron chi connectivity index (χ2n) is 4.04. The van der Waals surface area contributed by atoms with Crippen molar-refractivity contribution >= 4 is 23.2 Å². The molecule has 0 aliphatic heterocycles. The van der Waals surface area contributed by atoms with E-state index in [-0.39, 0.29) is 5.02 Å². The number of carbonyl (C=O) groups is 1. The van der Waals surface area contributed by atoms with Gasteiger partial charge in [-0.15, -0.1) is 0 Å². The van der Waals surface area contributed by atoms with Gasteiger partial charge in [-0.25, -0.2) is 4.39 Å². The first kappa shape index (κ1) is 13.4. The standard InChI is InChI=1S/C14H12ClFN2O/c15-12-7-11(5-6-13(12)16)18-8-9-1-3-10(4-2-9)14(17)19/h1-7,18H,8H2,(H2,17,19). The lowest BCUT2D eigenvalue weighted by Gasteiger charge is -2.07. The molecule has 0 heterocycles. The Morgan fingerprint density at radius 1 is 1.21 bits per heavy atom. The van der Waals surface area contributed by atoms with Crippen molar-refractivity contribution in [2.45, 2.75) is 6.54 Å². The van der Waals surface area contributed by atoms with Crippen molar-refractivity contribution in [1.82, 2.24) is 0 Å². The molecule has 0 aromatic heterocycles. The lowest BCUT2D eigenvalue weighted by molar-refractivity contribution is 0.100. The van der Waals surface area contributed by atoms with E-state index in [1.807, 2.05) is 0 Å². The largest absolute Gasteiger partial charge is 0.381 e. The zero-order valence-corrected chi connectivity index (χ0v) is 10.7. The molecule has 0 bridgehead atoms. The molecule has 0 aliphatic carbocycles. The summed E-state index contributed by atoms with van der Waals surface area (Å²) in [7, 11) is 0. The van der Waals surface area contributed by atoms with Crippen LogP contribution in [0.1, 0.15) is 15.9 Å². The predicted octanol–water partition coefficient (Wildman–Crippen LogP) is 3.19. The summed E-state index contributed by atoms with van der Waals surface area (Å²) < 4.78 is 13.0. The van der Waals surface area contributed by atoms with Crippen molar-refractivity contribution < 1.29 is 9.18 Å². The molecule has 5 heteroatoms. The molecular formula is C14H12ClFN2O. The fourth-order valence-corrected chi connectivity index (χ4v) is 1.78. The zero-order chi connectivity index (χ0) is 13.8. The molecule has 19 heavy (non-hydrogen) atoms. The smallest absolute Gasteiger partial charge is 0.248 e. The van der Waals surface area contributed by atoms with E-state index in [0.717, 1.165) is 11.3 Å². The van der Waals surface area contributed by atoms with Crippen molar-refractivity contribution in [3.63, 3.8) is 0 Å². The number of anilines is 1. The molecule has 0 radical (unpaired) electrons. The van der Waals surface area contributed by atoms with Gasteiger partial charge < -0.3 is 11.1 Å². The van der Waals surface area contributed by atoms with E-state index < -0.39 is 11.7 Å². The van der Waals surface area contributed by atoms with Gasteiger partial charge in [0, 0.05) is 17.8 Å². The van der Waals surface area contributed by atoms with Crippen molar-refractivity contribution in [3.05, 3.63) is 64.4 Å². The normalized spacial score (nSPS) is 10.2. The molecule has 98 valence electrons. The number of benzene rings is 2. The number of nitrogens with two attached hydrogens (primary N) is 1. The van der Waals surface area contributed by atoms with Gasteiger partial charge in [0.1, 0.15) is 5.82 Å². The van der Waals surface area contributed by atoms with Crippen LogP contribution >= 0.6 is 11.6 Å². The summed E-state index contributed by atoms with van der Waals surface area (Å²) in [4.78, 5) is 10.9. The van der Waals surface area contributed by atoms with Gasteiger partial charge in [-0.1, -0.05) is 23.7 Å². The Hall–Kier alpha value is -2.07. The Morgan fingerprint density at radius 2 is 1.89 bits per heavy atom. The van der Waals surface area contributed by atoms with Crippen molar-refractivity contribution in [2.24, 2.45) is 5.73 Å². The van der Waals surface area contributed by atoms with E-state index in [1.165, 1.54) is 12.1 Å². The van der Waals surface area contributed by atoms with Gasteiger partial charge in [0.15, 0.2) is 0 Å². The monoisotopic (exact) mass is 278 g/mol. The number of rotatable bonds is 4. The number of hydrogen-bond donors (Lipinski definition) is 2. The maximum atomic E-state index is 13.0. The predicted molar refractivity (Wildman–Crippen MR) is 73.7 cm³/mol. The molecule has 0 saturated heterocycles. The maximum Gasteiger partial charge on any atom is 0.248 e. The molecule has 1 amide bonds. The van der Waals surface area contributed by atoms with Crippen LogP contribution in [-0.4, -0.2) is 5.91 Å². The number of nitrogens with one attached hydrogen (secondary N) is 1. The van der Waals surface area contributed by atoms with Crippen LogP contribution in [0.25, 0.3) is 0 Å². The van der Waals surface area contributed by atoms with Crippen LogP contribution in [-0.2, 0) is 6.54 Å². The number of hydrogen-bond acceptors (Lipinski definition) is 2. The van der Waals surface area contributed by atoms with E-state index in [4.69, 9.17) is 17.3 Å². The number of amides is 1. The molecule has 3 N–H and O–H groups in total. The molecule has 2 rings (SSSR count). The Morgan fingerprint density at radius 3 is 2.47 bits per heavy atom. The Kier molecular flexibility index (Phi) is 4.02. The maximum absolute atomic E-state index is 13.0. The fourth-order valence-electron chi connectivity index (χ4n) is 1.60. The minimum absolute atomic E-state index is 0.0778. The van der Waals surface area contributed by atoms with Gasteiger partial charge in [0.2, 0.25) is 5.91 Å². The summed E-state index contributed by atoms with van der Waals surface area (Å²) >= 11 is 5.68. The van der Waals surface area contributed by atoms with Crippen LogP contribution in [0.3, 0.4) is 0 Å². The van der Waals surface area contributed by atoms with Gasteiger partial charge in [-0.3, -0.25) is 4.79 Å². The summed E-state index contributed by atoms with van der Waals surface area (Å²) in [6, 6.07) is 11.4. The summed E-state index contributed by atoms with van der Waals surface area (Å²) in [5.74, 6) is -0.900. The Bertz CT molecular complexity index is 599. The third kappa shape index (κ3) is 3.45. The van der Waals surface area contributed by atoms with Gasteiger partial charge in [0.05, 0.1) is 5.02 Å². The topological polar surface area (TPSA) is 55.1 Å². The van der Waals surface area contributed by atoms with Crippen LogP contribution in [0.15, 0.2) is 42.5 Å². The third-order valence-electron chi connectivity index (χ3n) is 2.65. The van der Waals surface area contributed by atoms with Crippen LogP contribution in [0.2, 0.25) is 5.02 Å². The van der Waals surface area contributed by atoms with E-state index >= 15 is 0 Å². The molecule has 3 nitrogen and oxygen atoms in total. The first-order chi connectivity index (χ1) is 9.06. The highest BCUT2D eigenvalue weighted by Gasteiger charge is 2.02. The minimum Gasteiger partial charge on any atom is -0.381 e. The Labute approximate surface area is 115 Å². The molecule has 0 spiro atoms. The van der Waals surface area contributed by atoms with Gasteiger partial charge in [-0.05, 0) is 35.9 Å². The molecule has 0 atom stereocenters. The molecule has 0 fully saturated rings. The third-order valence-corrected chi connectivity index (χ3v) is 2.94. The summed E-state index contributed by atoms with van der Waals surface area (Å²) in [6.07, 6.45) is 0. The highest BCUT2D eigenvalue weighted by molar-refractivity contribution is 6.31. The van der Waals surface area contributed by atoms with Crippen molar-refractivity contribution in [3.8, 4) is 0 Å². The van der Waals surface area contributed by atoms with E-state index in [9.17, 15) is 9.18 Å². The van der Waals surface area contributed by atoms with E-state index in [0.29, 0.717) is 12.1 Å². The molecule has 0 saturated carbocycles. The first-order valence-electron chi connectivity index (χ1n) is 5.64. The molecular weight excluding hydrogens is 267 g/mol. The second kappa shape index (κ2) is 5.71.